The van der Waals surface area contributed by atoms with Gasteiger partial charge in [0.25, 0.3) is 0 Å². The van der Waals surface area contributed by atoms with E-state index >= 15 is 0 Å². The van der Waals surface area contributed by atoms with E-state index in [2.05, 4.69) is 25.2 Å². The summed E-state index contributed by atoms with van der Waals surface area (Å²) in [5, 5.41) is 12.1. The van der Waals surface area contributed by atoms with Crippen LogP contribution in [0.2, 0.25) is 5.02 Å². The molecule has 1 amide bonds. The second-order valence-corrected chi connectivity index (χ2v) is 6.80. The molecule has 0 aliphatic heterocycles. The van der Waals surface area contributed by atoms with Crippen molar-refractivity contribution in [3.05, 3.63) is 35.0 Å². The van der Waals surface area contributed by atoms with E-state index in [0.29, 0.717) is 22.2 Å². The van der Waals surface area contributed by atoms with Crippen LogP contribution in [0, 0.1) is 0 Å². The lowest BCUT2D eigenvalue weighted by Crippen LogP contribution is -2.13. The van der Waals surface area contributed by atoms with Crippen LogP contribution in [0.3, 0.4) is 0 Å². The number of hydrogen-bond donors (Lipinski definition) is 2. The molecule has 3 rings (SSSR count). The zero-order valence-corrected chi connectivity index (χ0v) is 14.6. The van der Waals surface area contributed by atoms with E-state index in [4.69, 9.17) is 11.6 Å². The number of nitrogens with zero attached hydrogens (tertiary/aromatic N) is 3. The Hall–Kier alpha value is -2.54. The van der Waals surface area contributed by atoms with Crippen LogP contribution in [0.1, 0.15) is 26.5 Å². The van der Waals surface area contributed by atoms with Gasteiger partial charge in [0.2, 0.25) is 0 Å². The average molecular weight is 348 g/mol. The lowest BCUT2D eigenvalue weighted by molar-refractivity contribution is 0.187. The van der Waals surface area contributed by atoms with Crippen LogP contribution >= 0.6 is 11.6 Å². The van der Waals surface area contributed by atoms with Gasteiger partial charge in [0.1, 0.15) is 5.02 Å². The Balaban J connectivity index is 1.99. The summed E-state index contributed by atoms with van der Waals surface area (Å²) in [5.41, 5.74) is 2.66. The van der Waals surface area contributed by atoms with Crippen molar-refractivity contribution in [1.82, 2.24) is 19.8 Å². The Kier molecular flexibility index (Phi) is 3.96. The standard InChI is InChI=1S/C16H18ClN5O2/c1-16(2,3)12-11(17)14-19-13(21-22(14)20-12)9-6-5-7-10(8-9)18-15(23)24-4/h5-8H,1-4H3,(H,18,23)(H,19,21). The molecule has 0 radical (unpaired) electrons. The number of nitrogens with one attached hydrogen (secondary N) is 2. The summed E-state index contributed by atoms with van der Waals surface area (Å²) >= 11 is 6.43. The summed E-state index contributed by atoms with van der Waals surface area (Å²) < 4.78 is 6.09. The van der Waals surface area contributed by atoms with Crippen molar-refractivity contribution in [1.29, 1.82) is 0 Å². The Bertz CT molecular complexity index is 907. The quantitative estimate of drug-likeness (QED) is 0.737. The number of ether oxygens (including phenoxy) is 1. The number of H-pyrrole nitrogens is 1. The minimum absolute atomic E-state index is 0.170. The third-order valence-electron chi connectivity index (χ3n) is 3.52. The molecule has 3 aromatic rings. The predicted octanol–water partition coefficient (Wildman–Crippen LogP) is 3.85. The van der Waals surface area contributed by atoms with E-state index in [9.17, 15) is 4.79 Å². The van der Waals surface area contributed by atoms with Gasteiger partial charge in [0.15, 0.2) is 11.5 Å². The SMILES string of the molecule is COC(=O)Nc1cccc(-c2nn3nc(C(C)(C)C)c(Cl)c3[nH]2)c1. The van der Waals surface area contributed by atoms with Crippen LogP contribution in [0.5, 0.6) is 0 Å². The monoisotopic (exact) mass is 347 g/mol. The fourth-order valence-corrected chi connectivity index (χ4v) is 2.76. The Labute approximate surface area is 144 Å². The van der Waals surface area contributed by atoms with Gasteiger partial charge in [-0.1, -0.05) is 44.5 Å². The van der Waals surface area contributed by atoms with E-state index in [1.54, 1.807) is 12.1 Å². The number of halogens is 1. The van der Waals surface area contributed by atoms with Crippen LogP contribution in [0.25, 0.3) is 17.0 Å². The first-order chi connectivity index (χ1) is 11.3. The lowest BCUT2D eigenvalue weighted by atomic mass is 9.92. The highest BCUT2D eigenvalue weighted by Gasteiger charge is 2.25. The molecule has 0 spiro atoms. The third kappa shape index (κ3) is 2.94. The highest BCUT2D eigenvalue weighted by molar-refractivity contribution is 6.34. The first-order valence-corrected chi connectivity index (χ1v) is 7.78. The number of anilines is 1. The van der Waals surface area contributed by atoms with Crippen LogP contribution in [-0.2, 0) is 10.2 Å². The summed E-state index contributed by atoms with van der Waals surface area (Å²) in [4.78, 5) is 14.5. The molecule has 2 aromatic heterocycles. The van der Waals surface area contributed by atoms with Crippen molar-refractivity contribution in [2.75, 3.05) is 12.4 Å². The number of hydrogen-bond acceptors (Lipinski definition) is 4. The summed E-state index contributed by atoms with van der Waals surface area (Å²) in [6, 6.07) is 7.24. The van der Waals surface area contributed by atoms with Crippen LogP contribution in [0.4, 0.5) is 10.5 Å². The Morgan fingerprint density at radius 3 is 2.71 bits per heavy atom. The highest BCUT2D eigenvalue weighted by Crippen LogP contribution is 2.32. The maximum Gasteiger partial charge on any atom is 0.411 e. The van der Waals surface area contributed by atoms with E-state index in [1.165, 1.54) is 11.7 Å². The van der Waals surface area contributed by atoms with Gasteiger partial charge in [0, 0.05) is 16.7 Å². The molecule has 8 heteroatoms. The summed E-state index contributed by atoms with van der Waals surface area (Å²) in [7, 11) is 1.32. The number of carbonyl (C=O) groups is 1. The minimum atomic E-state index is -0.528. The molecular weight excluding hydrogens is 330 g/mol. The van der Waals surface area contributed by atoms with Gasteiger partial charge in [-0.15, -0.1) is 9.73 Å². The van der Waals surface area contributed by atoms with E-state index < -0.39 is 6.09 Å². The molecule has 0 saturated carbocycles. The maximum absolute atomic E-state index is 11.3. The molecule has 126 valence electrons. The van der Waals surface area contributed by atoms with Crippen LogP contribution < -0.4 is 5.32 Å². The number of rotatable bonds is 2. The van der Waals surface area contributed by atoms with Gasteiger partial charge in [0.05, 0.1) is 12.8 Å². The zero-order chi connectivity index (χ0) is 17.5. The second-order valence-electron chi connectivity index (χ2n) is 6.42. The lowest BCUT2D eigenvalue weighted by Gasteiger charge is -2.14. The average Bonchev–Trinajstić information content (AvgIpc) is 3.07. The molecule has 7 nitrogen and oxygen atoms in total. The van der Waals surface area contributed by atoms with Gasteiger partial charge in [-0.2, -0.15) is 5.10 Å². The van der Waals surface area contributed by atoms with Gasteiger partial charge < -0.3 is 9.72 Å². The zero-order valence-electron chi connectivity index (χ0n) is 13.8. The predicted molar refractivity (Wildman–Crippen MR) is 92.5 cm³/mol. The molecule has 0 bridgehead atoms. The van der Waals surface area contributed by atoms with Crippen molar-refractivity contribution in [3.8, 4) is 11.4 Å². The first kappa shape index (κ1) is 16.3. The van der Waals surface area contributed by atoms with Crippen molar-refractivity contribution in [2.24, 2.45) is 0 Å². The fraction of sp³-hybridized carbons (Fsp3) is 0.312. The van der Waals surface area contributed by atoms with Gasteiger partial charge in [-0.25, -0.2) is 4.79 Å². The van der Waals surface area contributed by atoms with Gasteiger partial charge in [-0.3, -0.25) is 5.32 Å². The van der Waals surface area contributed by atoms with Crippen LogP contribution in [0.15, 0.2) is 24.3 Å². The van der Waals surface area contributed by atoms with Gasteiger partial charge in [-0.05, 0) is 12.1 Å². The molecule has 2 N–H and O–H groups in total. The minimum Gasteiger partial charge on any atom is -0.453 e. The largest absolute Gasteiger partial charge is 0.453 e. The summed E-state index contributed by atoms with van der Waals surface area (Å²) in [6.45, 7) is 6.14. The van der Waals surface area contributed by atoms with Crippen molar-refractivity contribution < 1.29 is 9.53 Å². The molecule has 0 unspecified atom stereocenters. The second kappa shape index (κ2) is 5.83. The van der Waals surface area contributed by atoms with Crippen LogP contribution in [-0.4, -0.2) is 33.0 Å². The number of aromatic amines is 1. The number of benzene rings is 1. The molecule has 0 aliphatic carbocycles. The molecule has 0 fully saturated rings. The Morgan fingerprint density at radius 1 is 1.33 bits per heavy atom. The topological polar surface area (TPSA) is 84.3 Å². The van der Waals surface area contributed by atoms with Crippen molar-refractivity contribution >= 4 is 29.0 Å². The number of aromatic nitrogens is 4. The number of amides is 1. The maximum atomic E-state index is 11.3. The van der Waals surface area contributed by atoms with Crippen molar-refractivity contribution in [3.63, 3.8) is 0 Å². The fourth-order valence-electron chi connectivity index (χ4n) is 2.32. The van der Waals surface area contributed by atoms with E-state index in [1.807, 2.05) is 32.9 Å². The number of methoxy groups -OCH3 is 1. The molecule has 24 heavy (non-hydrogen) atoms. The molecule has 0 saturated heterocycles. The first-order valence-electron chi connectivity index (χ1n) is 7.40. The van der Waals surface area contributed by atoms with Gasteiger partial charge >= 0.3 is 6.09 Å². The smallest absolute Gasteiger partial charge is 0.411 e. The highest BCUT2D eigenvalue weighted by atomic mass is 35.5. The summed E-state index contributed by atoms with van der Waals surface area (Å²) in [5.74, 6) is 0.605. The van der Waals surface area contributed by atoms with E-state index in [-0.39, 0.29) is 5.41 Å². The third-order valence-corrected chi connectivity index (χ3v) is 3.88. The summed E-state index contributed by atoms with van der Waals surface area (Å²) in [6.07, 6.45) is -0.528. The normalized spacial score (nSPS) is 11.7. The van der Waals surface area contributed by atoms with Crippen molar-refractivity contribution in [2.45, 2.75) is 26.2 Å². The van der Waals surface area contributed by atoms with E-state index in [0.717, 1.165) is 11.3 Å². The molecule has 2 heterocycles. The number of carbonyl (C=O) groups excluding carboxylic acids is 1. The molecule has 0 atom stereocenters. The Morgan fingerprint density at radius 2 is 2.08 bits per heavy atom. The molecular formula is C16H18ClN5O2. The number of fused-ring (bicyclic) bond motifs is 1. The molecule has 0 aliphatic rings. The molecule has 1 aromatic carbocycles.